The molecular weight excluding hydrogens is 238 g/mol. The summed E-state index contributed by atoms with van der Waals surface area (Å²) < 4.78 is 0. The molecule has 112 valence electrons. The summed E-state index contributed by atoms with van der Waals surface area (Å²) in [4.78, 5) is 14.7. The fourth-order valence-corrected chi connectivity index (χ4v) is 3.17. The minimum Gasteiger partial charge on any atom is -0.354 e. The Morgan fingerprint density at radius 3 is 2.16 bits per heavy atom. The van der Waals surface area contributed by atoms with Gasteiger partial charge in [0.2, 0.25) is 5.91 Å². The summed E-state index contributed by atoms with van der Waals surface area (Å²) >= 11 is 0. The fraction of sp³-hybridized carbons (Fsp3) is 0.933. The maximum atomic E-state index is 12.3. The first kappa shape index (κ1) is 16.4. The summed E-state index contributed by atoms with van der Waals surface area (Å²) in [5.74, 6) is 0.167. The van der Waals surface area contributed by atoms with Gasteiger partial charge in [-0.2, -0.15) is 0 Å². The van der Waals surface area contributed by atoms with Crippen LogP contribution >= 0.6 is 0 Å². The lowest BCUT2D eigenvalue weighted by molar-refractivity contribution is -0.130. The maximum Gasteiger partial charge on any atom is 0.227 e. The number of nitrogens with two attached hydrogens (primary N) is 1. The SMILES string of the molecule is CC(C)N(CCNC(=O)C1(CN)CCCC1)C(C)C. The number of amides is 1. The molecule has 1 saturated carbocycles. The Kier molecular flexibility index (Phi) is 6.27. The van der Waals surface area contributed by atoms with Crippen LogP contribution in [0.3, 0.4) is 0 Å². The van der Waals surface area contributed by atoms with E-state index in [4.69, 9.17) is 5.73 Å². The molecule has 0 heterocycles. The van der Waals surface area contributed by atoms with Crippen LogP contribution in [0.4, 0.5) is 0 Å². The van der Waals surface area contributed by atoms with Crippen LogP contribution in [-0.2, 0) is 4.79 Å². The molecule has 0 spiro atoms. The van der Waals surface area contributed by atoms with E-state index in [-0.39, 0.29) is 11.3 Å². The van der Waals surface area contributed by atoms with E-state index in [2.05, 4.69) is 37.9 Å². The molecule has 0 bridgehead atoms. The molecule has 19 heavy (non-hydrogen) atoms. The van der Waals surface area contributed by atoms with E-state index in [1.807, 2.05) is 0 Å². The standard InChI is InChI=1S/C15H31N3O/c1-12(2)18(13(3)4)10-9-17-14(19)15(11-16)7-5-6-8-15/h12-13H,5-11,16H2,1-4H3,(H,17,19). The van der Waals surface area contributed by atoms with Crippen molar-refractivity contribution < 1.29 is 4.79 Å². The predicted molar refractivity (Wildman–Crippen MR) is 79.9 cm³/mol. The number of nitrogens with zero attached hydrogens (tertiary/aromatic N) is 1. The minimum atomic E-state index is -0.277. The molecule has 1 aliphatic carbocycles. The van der Waals surface area contributed by atoms with Gasteiger partial charge in [0, 0.05) is 31.7 Å². The Labute approximate surface area is 118 Å². The maximum absolute atomic E-state index is 12.3. The highest BCUT2D eigenvalue weighted by Gasteiger charge is 2.39. The van der Waals surface area contributed by atoms with Gasteiger partial charge in [-0.25, -0.2) is 0 Å². The van der Waals surface area contributed by atoms with Crippen LogP contribution in [0.15, 0.2) is 0 Å². The zero-order valence-corrected chi connectivity index (χ0v) is 13.0. The van der Waals surface area contributed by atoms with Crippen LogP contribution in [0.2, 0.25) is 0 Å². The molecule has 0 aromatic rings. The molecule has 1 fully saturated rings. The second kappa shape index (κ2) is 7.25. The van der Waals surface area contributed by atoms with E-state index < -0.39 is 0 Å². The first-order valence-electron chi connectivity index (χ1n) is 7.67. The third kappa shape index (κ3) is 4.18. The third-order valence-electron chi connectivity index (χ3n) is 4.42. The number of nitrogens with one attached hydrogen (secondary N) is 1. The normalized spacial score (nSPS) is 18.5. The molecule has 4 nitrogen and oxygen atoms in total. The summed E-state index contributed by atoms with van der Waals surface area (Å²) in [6, 6.07) is 1.01. The van der Waals surface area contributed by atoms with Crippen molar-refractivity contribution in [3.63, 3.8) is 0 Å². The van der Waals surface area contributed by atoms with E-state index in [1.165, 1.54) is 0 Å². The number of carbonyl (C=O) groups excluding carboxylic acids is 1. The highest BCUT2D eigenvalue weighted by Crippen LogP contribution is 2.37. The lowest BCUT2D eigenvalue weighted by atomic mass is 9.85. The van der Waals surface area contributed by atoms with Crippen molar-refractivity contribution in [1.82, 2.24) is 10.2 Å². The summed E-state index contributed by atoms with van der Waals surface area (Å²) in [7, 11) is 0. The lowest BCUT2D eigenvalue weighted by Crippen LogP contribution is -2.48. The molecule has 0 atom stereocenters. The van der Waals surface area contributed by atoms with E-state index in [0.29, 0.717) is 18.6 Å². The number of rotatable bonds is 7. The molecule has 0 aliphatic heterocycles. The van der Waals surface area contributed by atoms with Crippen LogP contribution in [0, 0.1) is 5.41 Å². The Hall–Kier alpha value is -0.610. The molecule has 3 N–H and O–H groups in total. The van der Waals surface area contributed by atoms with Gasteiger partial charge in [0.15, 0.2) is 0 Å². The van der Waals surface area contributed by atoms with Crippen molar-refractivity contribution in [2.24, 2.45) is 11.1 Å². The van der Waals surface area contributed by atoms with Crippen LogP contribution in [-0.4, -0.2) is 42.5 Å². The van der Waals surface area contributed by atoms with E-state index in [9.17, 15) is 4.79 Å². The van der Waals surface area contributed by atoms with E-state index in [0.717, 1.165) is 38.8 Å². The van der Waals surface area contributed by atoms with Gasteiger partial charge in [-0.05, 0) is 40.5 Å². The highest BCUT2D eigenvalue weighted by atomic mass is 16.2. The monoisotopic (exact) mass is 269 g/mol. The molecule has 1 amide bonds. The van der Waals surface area contributed by atoms with E-state index in [1.54, 1.807) is 0 Å². The summed E-state index contributed by atoms with van der Waals surface area (Å²) in [6.07, 6.45) is 4.17. The average molecular weight is 269 g/mol. The van der Waals surface area contributed by atoms with Gasteiger partial charge in [-0.15, -0.1) is 0 Å². The zero-order valence-electron chi connectivity index (χ0n) is 13.0. The topological polar surface area (TPSA) is 58.4 Å². The fourth-order valence-electron chi connectivity index (χ4n) is 3.17. The summed E-state index contributed by atoms with van der Waals surface area (Å²) in [5.41, 5.74) is 5.55. The molecule has 1 aliphatic rings. The van der Waals surface area contributed by atoms with Crippen molar-refractivity contribution in [2.75, 3.05) is 19.6 Å². The van der Waals surface area contributed by atoms with Crippen molar-refractivity contribution in [2.45, 2.75) is 65.5 Å². The van der Waals surface area contributed by atoms with Gasteiger partial charge in [0.1, 0.15) is 0 Å². The van der Waals surface area contributed by atoms with Gasteiger partial charge >= 0.3 is 0 Å². The van der Waals surface area contributed by atoms with Crippen molar-refractivity contribution in [3.8, 4) is 0 Å². The Bertz CT molecular complexity index is 275. The first-order valence-corrected chi connectivity index (χ1v) is 7.67. The summed E-state index contributed by atoms with van der Waals surface area (Å²) in [5, 5.41) is 3.10. The van der Waals surface area contributed by atoms with E-state index >= 15 is 0 Å². The van der Waals surface area contributed by atoms with Crippen LogP contribution in [0.1, 0.15) is 53.4 Å². The Balaban J connectivity index is 2.41. The van der Waals surface area contributed by atoms with Crippen molar-refractivity contribution in [3.05, 3.63) is 0 Å². The second-order valence-electron chi connectivity index (χ2n) is 6.37. The van der Waals surface area contributed by atoms with Crippen LogP contribution in [0.5, 0.6) is 0 Å². The molecule has 0 radical (unpaired) electrons. The number of hydrogen-bond acceptors (Lipinski definition) is 3. The minimum absolute atomic E-state index is 0.167. The molecule has 0 aromatic heterocycles. The van der Waals surface area contributed by atoms with Crippen LogP contribution < -0.4 is 11.1 Å². The van der Waals surface area contributed by atoms with Gasteiger partial charge < -0.3 is 11.1 Å². The summed E-state index contributed by atoms with van der Waals surface area (Å²) in [6.45, 7) is 10.9. The van der Waals surface area contributed by atoms with Crippen molar-refractivity contribution >= 4 is 5.91 Å². The predicted octanol–water partition coefficient (Wildman–Crippen LogP) is 1.74. The molecular formula is C15H31N3O. The lowest BCUT2D eigenvalue weighted by Gasteiger charge is -2.31. The largest absolute Gasteiger partial charge is 0.354 e. The van der Waals surface area contributed by atoms with Crippen LogP contribution in [0.25, 0.3) is 0 Å². The number of carbonyl (C=O) groups is 1. The number of hydrogen-bond donors (Lipinski definition) is 2. The second-order valence-corrected chi connectivity index (χ2v) is 6.37. The molecule has 1 rings (SSSR count). The van der Waals surface area contributed by atoms with Gasteiger partial charge in [0.05, 0.1) is 5.41 Å². The molecule has 0 saturated heterocycles. The van der Waals surface area contributed by atoms with Gasteiger partial charge in [-0.1, -0.05) is 12.8 Å². The molecule has 4 heteroatoms. The Morgan fingerprint density at radius 1 is 1.21 bits per heavy atom. The molecule has 0 unspecified atom stereocenters. The smallest absolute Gasteiger partial charge is 0.227 e. The quantitative estimate of drug-likeness (QED) is 0.740. The average Bonchev–Trinajstić information content (AvgIpc) is 2.83. The third-order valence-corrected chi connectivity index (χ3v) is 4.42. The Morgan fingerprint density at radius 2 is 1.74 bits per heavy atom. The van der Waals surface area contributed by atoms with Gasteiger partial charge in [-0.3, -0.25) is 9.69 Å². The van der Waals surface area contributed by atoms with Gasteiger partial charge in [0.25, 0.3) is 0 Å². The zero-order chi connectivity index (χ0) is 14.5. The highest BCUT2D eigenvalue weighted by molar-refractivity contribution is 5.83. The van der Waals surface area contributed by atoms with Crippen molar-refractivity contribution in [1.29, 1.82) is 0 Å². The first-order chi connectivity index (χ1) is 8.93. The molecule has 0 aromatic carbocycles.